The van der Waals surface area contributed by atoms with Gasteiger partial charge in [0.25, 0.3) is 0 Å². The van der Waals surface area contributed by atoms with Crippen LogP contribution in [0, 0.1) is 17.1 Å². The molecule has 27 heavy (non-hydrogen) atoms. The van der Waals surface area contributed by atoms with Crippen LogP contribution < -0.4 is 5.32 Å². The predicted octanol–water partition coefficient (Wildman–Crippen LogP) is 1.97. The van der Waals surface area contributed by atoms with E-state index in [9.17, 15) is 4.39 Å². The van der Waals surface area contributed by atoms with Gasteiger partial charge in [-0.25, -0.2) is 9.38 Å². The summed E-state index contributed by atoms with van der Waals surface area (Å²) in [4.78, 5) is 6.69. The molecule has 0 radical (unpaired) electrons. The number of nitrogens with one attached hydrogen (secondary N) is 1. The molecule has 7 nitrogen and oxygen atoms in total. The van der Waals surface area contributed by atoms with Gasteiger partial charge in [-0.15, -0.1) is 0 Å². The Morgan fingerprint density at radius 3 is 3.07 bits per heavy atom. The fraction of sp³-hybridized carbons (Fsp3) is 0.421. The Bertz CT molecular complexity index is 856. The van der Waals surface area contributed by atoms with Crippen molar-refractivity contribution in [2.45, 2.75) is 19.6 Å². The summed E-state index contributed by atoms with van der Waals surface area (Å²) in [5, 5.41) is 16.5. The number of halogens is 1. The van der Waals surface area contributed by atoms with Crippen LogP contribution in [0.15, 0.2) is 35.6 Å². The third-order valence-electron chi connectivity index (χ3n) is 4.37. The van der Waals surface area contributed by atoms with E-state index in [4.69, 9.17) is 10.00 Å². The lowest BCUT2D eigenvalue weighted by Gasteiger charge is -2.34. The number of aromatic nitrogens is 2. The highest BCUT2D eigenvalue weighted by molar-refractivity contribution is 5.80. The molecule has 2 aromatic rings. The Morgan fingerprint density at radius 1 is 1.52 bits per heavy atom. The zero-order chi connectivity index (χ0) is 19.2. The first-order chi connectivity index (χ1) is 13.1. The Kier molecular flexibility index (Phi) is 6.04. The molecule has 1 aliphatic heterocycles. The Morgan fingerprint density at radius 2 is 2.37 bits per heavy atom. The van der Waals surface area contributed by atoms with E-state index in [0.717, 1.165) is 5.56 Å². The highest BCUT2D eigenvalue weighted by Gasteiger charge is 2.25. The van der Waals surface area contributed by atoms with Crippen LogP contribution in [0.5, 0.6) is 0 Å². The molecule has 1 saturated heterocycles. The van der Waals surface area contributed by atoms with Crippen molar-refractivity contribution in [1.82, 2.24) is 20.0 Å². The van der Waals surface area contributed by atoms with Gasteiger partial charge in [0.1, 0.15) is 11.9 Å². The minimum absolute atomic E-state index is 0.0880. The third-order valence-corrected chi connectivity index (χ3v) is 4.37. The quantitative estimate of drug-likeness (QED) is 0.658. The maximum absolute atomic E-state index is 14.0. The maximum Gasteiger partial charge on any atom is 0.194 e. The summed E-state index contributed by atoms with van der Waals surface area (Å²) < 4.78 is 21.7. The molecule has 1 unspecified atom stereocenters. The van der Waals surface area contributed by atoms with Gasteiger partial charge in [0.15, 0.2) is 5.96 Å². The number of aliphatic imine (C=N–C) groups is 1. The average molecular weight is 370 g/mol. The molecule has 3 rings (SSSR count). The van der Waals surface area contributed by atoms with Crippen molar-refractivity contribution >= 4 is 5.96 Å². The highest BCUT2D eigenvalue weighted by Crippen LogP contribution is 2.22. The van der Waals surface area contributed by atoms with Crippen molar-refractivity contribution in [1.29, 1.82) is 5.26 Å². The number of nitriles is 1. The van der Waals surface area contributed by atoms with Gasteiger partial charge in [0.05, 0.1) is 37.5 Å². The SMILES string of the molecule is CCNC(=NCc1cc(C#N)ccc1F)N1CCOC(c2cnn(C)c2)C1. The third kappa shape index (κ3) is 4.63. The Hall–Kier alpha value is -2.92. The maximum atomic E-state index is 14.0. The van der Waals surface area contributed by atoms with Crippen LogP contribution in [0.4, 0.5) is 4.39 Å². The minimum Gasteiger partial charge on any atom is -0.370 e. The van der Waals surface area contributed by atoms with E-state index in [1.807, 2.05) is 26.2 Å². The molecule has 1 aromatic heterocycles. The molecule has 1 aliphatic rings. The van der Waals surface area contributed by atoms with Crippen LogP contribution in [0.2, 0.25) is 0 Å². The molecule has 2 heterocycles. The zero-order valence-corrected chi connectivity index (χ0v) is 15.5. The second-order valence-electron chi connectivity index (χ2n) is 6.34. The number of morpholine rings is 1. The highest BCUT2D eigenvalue weighted by atomic mass is 19.1. The molecular weight excluding hydrogens is 347 g/mol. The van der Waals surface area contributed by atoms with E-state index in [1.54, 1.807) is 16.9 Å². The van der Waals surface area contributed by atoms with Gasteiger partial charge in [-0.05, 0) is 25.1 Å². The fourth-order valence-electron chi connectivity index (χ4n) is 3.00. The summed E-state index contributed by atoms with van der Waals surface area (Å²) in [5.74, 6) is 0.347. The van der Waals surface area contributed by atoms with E-state index in [0.29, 0.717) is 43.3 Å². The minimum atomic E-state index is -0.358. The first-order valence-electron chi connectivity index (χ1n) is 8.92. The number of hydrogen-bond acceptors (Lipinski definition) is 4. The molecule has 8 heteroatoms. The molecule has 0 spiro atoms. The van der Waals surface area contributed by atoms with Gasteiger partial charge in [0.2, 0.25) is 0 Å². The van der Waals surface area contributed by atoms with Gasteiger partial charge in [0, 0.05) is 37.5 Å². The standard InChI is InChI=1S/C19H23FN6O/c1-3-22-19(23-10-15-8-14(9-21)4-5-17(15)20)26-6-7-27-18(13-26)16-11-24-25(2)12-16/h4-5,8,11-12,18H,3,6-7,10,13H2,1-2H3,(H,22,23). The van der Waals surface area contributed by atoms with E-state index in [2.05, 4.69) is 20.3 Å². The van der Waals surface area contributed by atoms with Gasteiger partial charge in [-0.1, -0.05) is 0 Å². The average Bonchev–Trinajstić information content (AvgIpc) is 3.13. The van der Waals surface area contributed by atoms with Gasteiger partial charge in [-0.3, -0.25) is 4.68 Å². The molecule has 1 fully saturated rings. The van der Waals surface area contributed by atoms with Crippen molar-refractivity contribution in [3.8, 4) is 6.07 Å². The van der Waals surface area contributed by atoms with Crippen molar-refractivity contribution < 1.29 is 9.13 Å². The molecule has 0 saturated carbocycles. The second-order valence-corrected chi connectivity index (χ2v) is 6.34. The van der Waals surface area contributed by atoms with Gasteiger partial charge >= 0.3 is 0 Å². The Balaban J connectivity index is 1.76. The first-order valence-corrected chi connectivity index (χ1v) is 8.92. The van der Waals surface area contributed by atoms with Crippen molar-refractivity contribution in [3.05, 3.63) is 53.1 Å². The van der Waals surface area contributed by atoms with E-state index >= 15 is 0 Å². The van der Waals surface area contributed by atoms with Crippen molar-refractivity contribution in [2.75, 3.05) is 26.2 Å². The molecule has 0 bridgehead atoms. The van der Waals surface area contributed by atoms with Gasteiger partial charge < -0.3 is 15.0 Å². The summed E-state index contributed by atoms with van der Waals surface area (Å²) in [5.41, 5.74) is 1.85. The number of guanidine groups is 1. The largest absolute Gasteiger partial charge is 0.370 e. The van der Waals surface area contributed by atoms with Crippen LogP contribution in [0.25, 0.3) is 0 Å². The molecule has 142 valence electrons. The first kappa shape index (κ1) is 18.9. The zero-order valence-electron chi connectivity index (χ0n) is 15.5. The van der Waals surface area contributed by atoms with Crippen molar-refractivity contribution in [3.63, 3.8) is 0 Å². The number of hydrogen-bond donors (Lipinski definition) is 1. The monoisotopic (exact) mass is 370 g/mol. The summed E-state index contributed by atoms with van der Waals surface area (Å²) in [6.07, 6.45) is 3.66. The summed E-state index contributed by atoms with van der Waals surface area (Å²) in [7, 11) is 1.87. The normalized spacial score (nSPS) is 17.6. The molecule has 1 aromatic carbocycles. The van der Waals surface area contributed by atoms with Crippen LogP contribution in [-0.4, -0.2) is 46.9 Å². The smallest absolute Gasteiger partial charge is 0.194 e. The fourth-order valence-corrected chi connectivity index (χ4v) is 3.00. The molecular formula is C19H23FN6O. The number of nitrogens with zero attached hydrogens (tertiary/aromatic N) is 5. The van der Waals surface area contributed by atoms with Crippen LogP contribution in [0.1, 0.15) is 29.7 Å². The molecule has 0 amide bonds. The van der Waals surface area contributed by atoms with E-state index in [-0.39, 0.29) is 18.5 Å². The predicted molar refractivity (Wildman–Crippen MR) is 99.4 cm³/mol. The van der Waals surface area contributed by atoms with Gasteiger partial charge in [-0.2, -0.15) is 10.4 Å². The summed E-state index contributed by atoms with van der Waals surface area (Å²) in [6, 6.07) is 6.35. The van der Waals surface area contributed by atoms with E-state index < -0.39 is 0 Å². The summed E-state index contributed by atoms with van der Waals surface area (Å²) in [6.45, 7) is 4.77. The van der Waals surface area contributed by atoms with Crippen LogP contribution in [-0.2, 0) is 18.3 Å². The number of rotatable bonds is 4. The lowest BCUT2D eigenvalue weighted by atomic mass is 10.1. The van der Waals surface area contributed by atoms with Crippen LogP contribution in [0.3, 0.4) is 0 Å². The molecule has 0 aliphatic carbocycles. The number of aryl methyl sites for hydroxylation is 1. The lowest BCUT2D eigenvalue weighted by molar-refractivity contribution is -0.00805. The van der Waals surface area contributed by atoms with Crippen molar-refractivity contribution in [2.24, 2.45) is 12.0 Å². The van der Waals surface area contributed by atoms with E-state index in [1.165, 1.54) is 12.1 Å². The number of benzene rings is 1. The summed E-state index contributed by atoms with van der Waals surface area (Å²) >= 11 is 0. The lowest BCUT2D eigenvalue weighted by Crippen LogP contribution is -2.48. The molecule has 1 atom stereocenters. The number of ether oxygens (including phenoxy) is 1. The second kappa shape index (κ2) is 8.64. The van der Waals surface area contributed by atoms with Crippen LogP contribution >= 0.6 is 0 Å². The molecule has 1 N–H and O–H groups in total. The topological polar surface area (TPSA) is 78.5 Å². The Labute approximate surface area is 158 Å².